The van der Waals surface area contributed by atoms with Crippen LogP contribution in [0.5, 0.6) is 5.75 Å². The molecule has 0 fully saturated rings. The minimum atomic E-state index is 0.476. The summed E-state index contributed by atoms with van der Waals surface area (Å²) in [7, 11) is 1.58. The van der Waals surface area contributed by atoms with E-state index in [0.29, 0.717) is 16.6 Å². The highest BCUT2D eigenvalue weighted by Crippen LogP contribution is 2.31. The third kappa shape index (κ3) is 2.17. The molecule has 0 saturated heterocycles. The number of nitrogen functional groups attached to an aromatic ring is 1. The molecule has 0 bridgehead atoms. The Bertz CT molecular complexity index is 557. The molecule has 5 heteroatoms. The Kier molecular flexibility index (Phi) is 3.15. The number of aromatic nitrogens is 2. The van der Waals surface area contributed by atoms with Crippen LogP contribution < -0.4 is 10.5 Å². The molecule has 0 radical (unpaired) electrons. The number of nitrogens with zero attached hydrogens (tertiary/aromatic N) is 2. The molecular weight excluding hydrogens is 238 g/mol. The number of ether oxygens (including phenoxy) is 1. The zero-order chi connectivity index (χ0) is 12.4. The third-order valence-corrected chi connectivity index (χ3v) is 2.86. The molecule has 0 aliphatic heterocycles. The molecule has 0 unspecified atom stereocenters. The minimum Gasteiger partial charge on any atom is -0.495 e. The first-order chi connectivity index (χ1) is 8.13. The molecule has 2 N–H and O–H groups in total. The summed E-state index contributed by atoms with van der Waals surface area (Å²) in [4.78, 5) is 8.16. The smallest absolute Gasteiger partial charge is 0.138 e. The molecule has 0 aliphatic carbocycles. The van der Waals surface area contributed by atoms with E-state index in [2.05, 4.69) is 9.97 Å². The second kappa shape index (κ2) is 4.59. The number of nitrogens with two attached hydrogens (primary N) is 1. The maximum Gasteiger partial charge on any atom is 0.138 e. The summed E-state index contributed by atoms with van der Waals surface area (Å²) < 4.78 is 5.17. The van der Waals surface area contributed by atoms with E-state index in [0.717, 1.165) is 16.8 Å². The van der Waals surface area contributed by atoms with Crippen LogP contribution in [0.4, 0.5) is 5.82 Å². The molecular formula is C12H12ClN3O. The Hall–Kier alpha value is -1.81. The molecule has 2 aromatic rings. The largest absolute Gasteiger partial charge is 0.495 e. The van der Waals surface area contributed by atoms with E-state index in [9.17, 15) is 0 Å². The van der Waals surface area contributed by atoms with Gasteiger partial charge in [-0.05, 0) is 19.1 Å². The zero-order valence-electron chi connectivity index (χ0n) is 9.57. The van der Waals surface area contributed by atoms with E-state index in [-0.39, 0.29) is 0 Å². The van der Waals surface area contributed by atoms with Gasteiger partial charge in [-0.15, -0.1) is 0 Å². The Morgan fingerprint density at radius 2 is 2.06 bits per heavy atom. The summed E-state index contributed by atoms with van der Waals surface area (Å²) in [5.74, 6) is 1.09. The lowest BCUT2D eigenvalue weighted by Crippen LogP contribution is -1.98. The van der Waals surface area contributed by atoms with Gasteiger partial charge < -0.3 is 10.5 Å². The molecule has 0 saturated carbocycles. The van der Waals surface area contributed by atoms with Gasteiger partial charge in [-0.3, -0.25) is 0 Å². The molecule has 88 valence electrons. The van der Waals surface area contributed by atoms with Gasteiger partial charge in [-0.2, -0.15) is 0 Å². The number of hydrogen-bond acceptors (Lipinski definition) is 4. The first-order valence-corrected chi connectivity index (χ1v) is 5.42. The Balaban J connectivity index is 2.57. The summed E-state index contributed by atoms with van der Waals surface area (Å²) in [5, 5.41) is 0.566. The standard InChI is InChI=1S/C12H12ClN3O/c1-7-11(15-6-16-12(7)14)8-3-4-9(13)10(5-8)17-2/h3-6H,1-2H3,(H2,14,15,16). The molecule has 1 aromatic heterocycles. The monoisotopic (exact) mass is 249 g/mol. The number of benzene rings is 1. The molecule has 0 spiro atoms. The van der Waals surface area contributed by atoms with E-state index in [1.54, 1.807) is 13.2 Å². The maximum atomic E-state index is 5.97. The van der Waals surface area contributed by atoms with Crippen molar-refractivity contribution in [3.8, 4) is 17.0 Å². The van der Waals surface area contributed by atoms with Crippen LogP contribution in [0.15, 0.2) is 24.5 Å². The van der Waals surface area contributed by atoms with Gasteiger partial charge in [0.05, 0.1) is 17.8 Å². The van der Waals surface area contributed by atoms with Gasteiger partial charge in [0.1, 0.15) is 17.9 Å². The van der Waals surface area contributed by atoms with Crippen LogP contribution in [0.3, 0.4) is 0 Å². The quantitative estimate of drug-likeness (QED) is 0.889. The van der Waals surface area contributed by atoms with Crippen LogP contribution in [0.2, 0.25) is 5.02 Å². The van der Waals surface area contributed by atoms with Crippen molar-refractivity contribution in [3.63, 3.8) is 0 Å². The average Bonchev–Trinajstić information content (AvgIpc) is 2.34. The first kappa shape index (κ1) is 11.7. The average molecular weight is 250 g/mol. The Morgan fingerprint density at radius 3 is 2.76 bits per heavy atom. The molecule has 0 atom stereocenters. The van der Waals surface area contributed by atoms with Gasteiger partial charge >= 0.3 is 0 Å². The number of rotatable bonds is 2. The van der Waals surface area contributed by atoms with Crippen LogP contribution in [0.1, 0.15) is 5.56 Å². The molecule has 0 aliphatic rings. The normalized spacial score (nSPS) is 10.3. The van der Waals surface area contributed by atoms with Crippen molar-refractivity contribution in [2.24, 2.45) is 0 Å². The summed E-state index contributed by atoms with van der Waals surface area (Å²) in [5.41, 5.74) is 8.28. The number of anilines is 1. The molecule has 0 amide bonds. The lowest BCUT2D eigenvalue weighted by molar-refractivity contribution is 0.415. The van der Waals surface area contributed by atoms with Crippen molar-refractivity contribution >= 4 is 17.4 Å². The van der Waals surface area contributed by atoms with E-state index in [1.807, 2.05) is 19.1 Å². The highest BCUT2D eigenvalue weighted by molar-refractivity contribution is 6.32. The lowest BCUT2D eigenvalue weighted by atomic mass is 10.1. The molecule has 4 nitrogen and oxygen atoms in total. The van der Waals surface area contributed by atoms with Gasteiger partial charge in [-0.1, -0.05) is 17.7 Å². The van der Waals surface area contributed by atoms with Crippen molar-refractivity contribution in [3.05, 3.63) is 35.1 Å². The van der Waals surface area contributed by atoms with Gasteiger partial charge in [0.15, 0.2) is 0 Å². The van der Waals surface area contributed by atoms with Crippen molar-refractivity contribution in [1.82, 2.24) is 9.97 Å². The van der Waals surface area contributed by atoms with Gasteiger partial charge in [-0.25, -0.2) is 9.97 Å². The topological polar surface area (TPSA) is 61.0 Å². The van der Waals surface area contributed by atoms with Gasteiger partial charge in [0.2, 0.25) is 0 Å². The Morgan fingerprint density at radius 1 is 1.29 bits per heavy atom. The van der Waals surface area contributed by atoms with Crippen molar-refractivity contribution in [2.45, 2.75) is 6.92 Å². The fourth-order valence-electron chi connectivity index (χ4n) is 1.56. The van der Waals surface area contributed by atoms with Gasteiger partial charge in [0, 0.05) is 11.1 Å². The highest BCUT2D eigenvalue weighted by atomic mass is 35.5. The molecule has 2 rings (SSSR count). The summed E-state index contributed by atoms with van der Waals surface area (Å²) in [6, 6.07) is 5.48. The van der Waals surface area contributed by atoms with E-state index in [4.69, 9.17) is 22.1 Å². The molecule has 17 heavy (non-hydrogen) atoms. The summed E-state index contributed by atoms with van der Waals surface area (Å²) in [6.45, 7) is 1.88. The number of halogens is 1. The van der Waals surface area contributed by atoms with Crippen LogP contribution in [-0.4, -0.2) is 17.1 Å². The Labute approximate surface area is 104 Å². The predicted octanol–water partition coefficient (Wildman–Crippen LogP) is 2.70. The SMILES string of the molecule is COc1cc(-c2ncnc(N)c2C)ccc1Cl. The third-order valence-electron chi connectivity index (χ3n) is 2.55. The number of hydrogen-bond donors (Lipinski definition) is 1. The van der Waals surface area contributed by atoms with Gasteiger partial charge in [0.25, 0.3) is 0 Å². The van der Waals surface area contributed by atoms with Crippen LogP contribution in [-0.2, 0) is 0 Å². The predicted molar refractivity (Wildman–Crippen MR) is 68.2 cm³/mol. The lowest BCUT2D eigenvalue weighted by Gasteiger charge is -2.09. The fraction of sp³-hybridized carbons (Fsp3) is 0.167. The second-order valence-corrected chi connectivity index (χ2v) is 3.99. The van der Waals surface area contributed by atoms with Crippen LogP contribution in [0, 0.1) is 6.92 Å². The molecule has 1 heterocycles. The van der Waals surface area contributed by atoms with Crippen molar-refractivity contribution < 1.29 is 4.74 Å². The zero-order valence-corrected chi connectivity index (χ0v) is 10.3. The maximum absolute atomic E-state index is 5.97. The summed E-state index contributed by atoms with van der Waals surface area (Å²) >= 11 is 5.97. The minimum absolute atomic E-state index is 0.476. The highest BCUT2D eigenvalue weighted by Gasteiger charge is 2.09. The van der Waals surface area contributed by atoms with Crippen LogP contribution in [0.25, 0.3) is 11.3 Å². The van der Waals surface area contributed by atoms with Crippen molar-refractivity contribution in [1.29, 1.82) is 0 Å². The first-order valence-electron chi connectivity index (χ1n) is 5.04. The van der Waals surface area contributed by atoms with E-state index in [1.165, 1.54) is 6.33 Å². The van der Waals surface area contributed by atoms with E-state index >= 15 is 0 Å². The second-order valence-electron chi connectivity index (χ2n) is 3.58. The number of methoxy groups -OCH3 is 1. The van der Waals surface area contributed by atoms with E-state index < -0.39 is 0 Å². The fourth-order valence-corrected chi connectivity index (χ4v) is 1.76. The van der Waals surface area contributed by atoms with Crippen molar-refractivity contribution in [2.75, 3.05) is 12.8 Å². The van der Waals surface area contributed by atoms with Crippen LogP contribution >= 0.6 is 11.6 Å². The molecule has 1 aromatic carbocycles. The summed E-state index contributed by atoms with van der Waals surface area (Å²) in [6.07, 6.45) is 1.44.